The number of allylic oxidation sites excluding steroid dienone is 1. The van der Waals surface area contributed by atoms with Crippen LogP contribution < -0.4 is 10.6 Å². The van der Waals surface area contributed by atoms with Crippen LogP contribution in [0, 0.1) is 11.6 Å². The van der Waals surface area contributed by atoms with Crippen LogP contribution in [0.1, 0.15) is 87.9 Å². The van der Waals surface area contributed by atoms with E-state index in [-0.39, 0.29) is 41.7 Å². The number of amides is 4. The number of hydrogen-bond acceptors (Lipinski definition) is 10. The Morgan fingerprint density at radius 2 is 1.22 bits per heavy atom. The number of imide groups is 1. The smallest absolute Gasteiger partial charge is 0.418 e. The quantitative estimate of drug-likeness (QED) is 0.0972. The topological polar surface area (TPSA) is 147 Å². The summed E-state index contributed by atoms with van der Waals surface area (Å²) in [6.07, 6.45) is 5.12. The highest BCUT2D eigenvalue weighted by Gasteiger charge is 2.46. The Bertz CT molecular complexity index is 2070. The second-order valence-corrected chi connectivity index (χ2v) is 16.1. The Hall–Kier alpha value is -5.67. The maximum Gasteiger partial charge on any atom is 0.418 e. The zero-order valence-corrected chi connectivity index (χ0v) is 37.1. The number of carbonyl (C=O) groups is 5. The molecule has 0 bridgehead atoms. The van der Waals surface area contributed by atoms with E-state index in [4.69, 9.17) is 14.2 Å². The molecule has 63 heavy (non-hydrogen) atoms. The predicted octanol–water partition coefficient (Wildman–Crippen LogP) is 7.17. The van der Waals surface area contributed by atoms with Gasteiger partial charge in [-0.1, -0.05) is 87.0 Å². The van der Waals surface area contributed by atoms with E-state index in [1.165, 1.54) is 33.1 Å². The third-order valence-electron chi connectivity index (χ3n) is 12.6. The summed E-state index contributed by atoms with van der Waals surface area (Å²) in [5.41, 5.74) is 1.22. The molecule has 1 atom stereocenters. The molecule has 0 spiro atoms. The van der Waals surface area contributed by atoms with Gasteiger partial charge in [-0.2, -0.15) is 0 Å². The molecule has 0 radical (unpaired) electrons. The molecular formula is C48H61F2N5O8. The van der Waals surface area contributed by atoms with Crippen molar-refractivity contribution >= 4 is 30.0 Å². The third kappa shape index (κ3) is 11.1. The Morgan fingerprint density at radius 1 is 0.714 bits per heavy atom. The molecule has 3 aromatic carbocycles. The molecule has 2 saturated heterocycles. The minimum Gasteiger partial charge on any atom is -0.468 e. The molecule has 0 aliphatic carbocycles. The number of unbranched alkanes of at least 4 members (excludes halogenated alkanes) is 1. The van der Waals surface area contributed by atoms with Crippen LogP contribution in [0.5, 0.6) is 0 Å². The predicted molar refractivity (Wildman–Crippen MR) is 233 cm³/mol. The maximum absolute atomic E-state index is 14.2. The van der Waals surface area contributed by atoms with Crippen molar-refractivity contribution in [3.8, 4) is 0 Å². The number of nitrogens with zero attached hydrogens (tertiary/aromatic N) is 3. The molecule has 6 rings (SSSR count). The highest BCUT2D eigenvalue weighted by Crippen LogP contribution is 2.39. The molecule has 340 valence electrons. The maximum atomic E-state index is 14.2. The summed E-state index contributed by atoms with van der Waals surface area (Å²) in [6, 6.07) is 20.5. The van der Waals surface area contributed by atoms with Gasteiger partial charge < -0.3 is 34.6 Å². The average molecular weight is 874 g/mol. The number of carbonyl (C=O) groups excluding carboxylic acids is 5. The largest absolute Gasteiger partial charge is 0.468 e. The number of nitrogens with one attached hydrogen (secondary N) is 2. The summed E-state index contributed by atoms with van der Waals surface area (Å²) in [5, 5.41) is 5.40. The van der Waals surface area contributed by atoms with Crippen molar-refractivity contribution in [1.29, 1.82) is 0 Å². The molecule has 3 aliphatic rings. The van der Waals surface area contributed by atoms with Crippen LogP contribution in [-0.4, -0.2) is 112 Å². The van der Waals surface area contributed by atoms with Gasteiger partial charge in [0.15, 0.2) is 11.6 Å². The fraction of sp³-hybridized carbons (Fsp3) is 0.479. The van der Waals surface area contributed by atoms with Gasteiger partial charge in [-0.3, -0.25) is 14.4 Å². The molecule has 1 unspecified atom stereocenters. The van der Waals surface area contributed by atoms with Crippen LogP contribution in [-0.2, 0) is 39.4 Å². The van der Waals surface area contributed by atoms with Gasteiger partial charge in [0.25, 0.3) is 5.91 Å². The summed E-state index contributed by atoms with van der Waals surface area (Å²) in [5.74, 6) is -3.19. The number of methoxy groups -OCH3 is 3. The summed E-state index contributed by atoms with van der Waals surface area (Å²) in [7, 11) is 3.98. The fourth-order valence-electron chi connectivity index (χ4n) is 8.92. The first kappa shape index (κ1) is 48.4. The lowest BCUT2D eigenvalue weighted by molar-refractivity contribution is -0.150. The zero-order chi connectivity index (χ0) is 45.6. The molecule has 4 amide bonds. The number of ether oxygens (including phenoxy) is 3. The standard InChI is InChI=1S/C31H36F2N4O6.C17H25NO2/c1-4-24-25(26(20-11-12-22(32)23(33)19-20)37(29(40)35-24)30(41)43-3)27(38)34-15-8-16-36-17-13-31(14-18-36,28(39)42-2)21-9-6-5-7-10-21;1-3-4-12-18-13-10-17(11-14-18,16(19)20-2)15-8-6-5-7-9-15/h5-7,9-12,19,26H,4,8,13-18H2,1-3H3,(H,34,38)(H,35,40);5-9H,3-4,10-14H2,1-2H3. The number of likely N-dealkylation sites (tertiary alicyclic amines) is 2. The van der Waals surface area contributed by atoms with E-state index in [0.29, 0.717) is 43.8 Å². The number of rotatable bonds is 14. The highest BCUT2D eigenvalue weighted by atomic mass is 19.2. The van der Waals surface area contributed by atoms with Gasteiger partial charge in [-0.05, 0) is 113 Å². The Balaban J connectivity index is 0.000000311. The van der Waals surface area contributed by atoms with Crippen LogP contribution in [0.15, 0.2) is 90.1 Å². The summed E-state index contributed by atoms with van der Waals surface area (Å²) >= 11 is 0. The molecule has 0 aromatic heterocycles. The van der Waals surface area contributed by atoms with Gasteiger partial charge in [0.1, 0.15) is 6.04 Å². The molecule has 3 heterocycles. The van der Waals surface area contributed by atoms with E-state index in [9.17, 15) is 32.8 Å². The van der Waals surface area contributed by atoms with E-state index in [1.54, 1.807) is 6.92 Å². The molecule has 15 heteroatoms. The first-order valence-electron chi connectivity index (χ1n) is 21.8. The lowest BCUT2D eigenvalue weighted by atomic mass is 9.72. The SMILES string of the molecule is CCC1=C(C(=O)NCCCN2CCC(C(=O)OC)(c3ccccc3)CC2)C(c2ccc(F)c(F)c2)N(C(=O)OC)C(=O)N1.CCCCN1CCC(C(=O)OC)(c2ccccc2)CC1. The van der Waals surface area contributed by atoms with Gasteiger partial charge in [0, 0.05) is 12.2 Å². The first-order chi connectivity index (χ1) is 30.4. The van der Waals surface area contributed by atoms with Crippen LogP contribution >= 0.6 is 0 Å². The van der Waals surface area contributed by atoms with Crippen molar-refractivity contribution in [2.45, 2.75) is 82.1 Å². The second-order valence-electron chi connectivity index (χ2n) is 16.1. The Labute approximate surface area is 369 Å². The molecule has 3 aliphatic heterocycles. The van der Waals surface area contributed by atoms with Crippen LogP contribution in [0.25, 0.3) is 0 Å². The number of hydrogen-bond donors (Lipinski definition) is 2. The monoisotopic (exact) mass is 873 g/mol. The van der Waals surface area contributed by atoms with Crippen LogP contribution in [0.3, 0.4) is 0 Å². The summed E-state index contributed by atoms with van der Waals surface area (Å²) in [4.78, 5) is 69.5. The van der Waals surface area contributed by atoms with E-state index >= 15 is 0 Å². The number of piperidine rings is 2. The Kier molecular flexibility index (Phi) is 17.4. The van der Waals surface area contributed by atoms with Crippen molar-refractivity contribution < 1.29 is 47.0 Å². The number of urea groups is 1. The number of halogens is 2. The number of esters is 2. The third-order valence-corrected chi connectivity index (χ3v) is 12.6. The summed E-state index contributed by atoms with van der Waals surface area (Å²) in [6.45, 7) is 9.29. The summed E-state index contributed by atoms with van der Waals surface area (Å²) < 4.78 is 43.0. The second kappa shape index (κ2) is 22.6. The van der Waals surface area contributed by atoms with E-state index in [1.807, 2.05) is 48.5 Å². The van der Waals surface area contributed by atoms with Crippen molar-refractivity contribution in [3.63, 3.8) is 0 Å². The van der Waals surface area contributed by atoms with E-state index in [0.717, 1.165) is 62.8 Å². The van der Waals surface area contributed by atoms with Crippen LogP contribution in [0.2, 0.25) is 0 Å². The molecule has 0 saturated carbocycles. The van der Waals surface area contributed by atoms with Crippen LogP contribution in [0.4, 0.5) is 18.4 Å². The zero-order valence-electron chi connectivity index (χ0n) is 37.1. The van der Waals surface area contributed by atoms with Crippen molar-refractivity contribution in [2.75, 3.05) is 67.1 Å². The van der Waals surface area contributed by atoms with Gasteiger partial charge in [-0.15, -0.1) is 0 Å². The minimum atomic E-state index is -1.34. The van der Waals surface area contributed by atoms with Gasteiger partial charge in [-0.25, -0.2) is 23.3 Å². The van der Waals surface area contributed by atoms with Gasteiger partial charge in [0.2, 0.25) is 0 Å². The average Bonchev–Trinajstić information content (AvgIpc) is 3.32. The lowest BCUT2D eigenvalue weighted by Crippen LogP contribution is -2.52. The lowest BCUT2D eigenvalue weighted by Gasteiger charge is -2.40. The molecule has 2 N–H and O–H groups in total. The van der Waals surface area contributed by atoms with E-state index in [2.05, 4.69) is 39.5 Å². The van der Waals surface area contributed by atoms with Crippen molar-refractivity contribution in [2.24, 2.45) is 0 Å². The van der Waals surface area contributed by atoms with Gasteiger partial charge >= 0.3 is 24.1 Å². The highest BCUT2D eigenvalue weighted by molar-refractivity contribution is 6.02. The normalized spacial score (nSPS) is 18.6. The first-order valence-corrected chi connectivity index (χ1v) is 21.8. The Morgan fingerprint density at radius 3 is 1.67 bits per heavy atom. The van der Waals surface area contributed by atoms with Gasteiger partial charge in [0.05, 0.1) is 37.7 Å². The van der Waals surface area contributed by atoms with Crippen molar-refractivity contribution in [3.05, 3.63) is 118 Å². The number of benzene rings is 3. The fourth-order valence-corrected chi connectivity index (χ4v) is 8.92. The molecule has 13 nitrogen and oxygen atoms in total. The molecular weight excluding hydrogens is 813 g/mol. The van der Waals surface area contributed by atoms with E-state index < -0.39 is 46.5 Å². The van der Waals surface area contributed by atoms with Crippen molar-refractivity contribution in [1.82, 2.24) is 25.3 Å². The molecule has 3 aromatic rings. The molecule has 2 fully saturated rings. The minimum absolute atomic E-state index is 0.0298.